The molecule has 0 aromatic heterocycles. The van der Waals surface area contributed by atoms with E-state index >= 15 is 0 Å². The minimum atomic E-state index is -3.58. The van der Waals surface area contributed by atoms with Crippen LogP contribution in [0.1, 0.15) is 47.2 Å². The molecule has 7 nitrogen and oxygen atoms in total. The molecule has 1 amide bonds. The fourth-order valence-corrected chi connectivity index (χ4v) is 5.17. The fourth-order valence-electron chi connectivity index (χ4n) is 3.65. The first-order valence-electron chi connectivity index (χ1n) is 10.4. The lowest BCUT2D eigenvalue weighted by atomic mass is 10.1. The average molecular weight is 445 g/mol. The second kappa shape index (κ2) is 10.1. The highest BCUT2D eigenvalue weighted by Crippen LogP contribution is 2.21. The maximum absolute atomic E-state index is 12.8. The molecule has 166 valence electrons. The molecule has 8 heteroatoms. The standard InChI is InChI=1S/C23H28N2O5S/c1-17-13-18(2)15-20(14-17)24-22(26)16-30-23(27)19-7-9-21(10-8-19)31(28,29)25-11-5-3-4-6-12-25/h7-10,13-15H,3-6,11-12,16H2,1-2H3,(H,24,26). The minimum absolute atomic E-state index is 0.151. The van der Waals surface area contributed by atoms with Gasteiger partial charge in [0, 0.05) is 18.8 Å². The molecule has 2 aromatic carbocycles. The van der Waals surface area contributed by atoms with Gasteiger partial charge in [0.1, 0.15) is 0 Å². The van der Waals surface area contributed by atoms with Crippen LogP contribution in [0.5, 0.6) is 0 Å². The number of carbonyl (C=O) groups excluding carboxylic acids is 2. The number of ether oxygens (including phenoxy) is 1. The lowest BCUT2D eigenvalue weighted by molar-refractivity contribution is -0.119. The Morgan fingerprint density at radius 2 is 1.52 bits per heavy atom. The number of hydrogen-bond acceptors (Lipinski definition) is 5. The first kappa shape index (κ1) is 23.0. The zero-order chi connectivity index (χ0) is 22.4. The molecule has 31 heavy (non-hydrogen) atoms. The first-order valence-corrected chi connectivity index (χ1v) is 11.9. The minimum Gasteiger partial charge on any atom is -0.452 e. The maximum atomic E-state index is 12.8. The monoisotopic (exact) mass is 444 g/mol. The highest BCUT2D eigenvalue weighted by atomic mass is 32.2. The molecule has 1 aliphatic heterocycles. The van der Waals surface area contributed by atoms with Crippen LogP contribution in [0.2, 0.25) is 0 Å². The third-order valence-electron chi connectivity index (χ3n) is 5.13. The van der Waals surface area contributed by atoms with Gasteiger partial charge in [-0.25, -0.2) is 13.2 Å². The summed E-state index contributed by atoms with van der Waals surface area (Å²) in [6.45, 7) is 4.46. The van der Waals surface area contributed by atoms with Crippen LogP contribution in [-0.4, -0.2) is 44.3 Å². The third-order valence-corrected chi connectivity index (χ3v) is 7.05. The van der Waals surface area contributed by atoms with Crippen molar-refractivity contribution >= 4 is 27.6 Å². The molecular weight excluding hydrogens is 416 g/mol. The van der Waals surface area contributed by atoms with Crippen molar-refractivity contribution in [2.45, 2.75) is 44.4 Å². The third kappa shape index (κ3) is 6.15. The largest absolute Gasteiger partial charge is 0.452 e. The van der Waals surface area contributed by atoms with E-state index in [9.17, 15) is 18.0 Å². The Bertz CT molecular complexity index is 1020. The second-order valence-corrected chi connectivity index (χ2v) is 9.78. The van der Waals surface area contributed by atoms with Crippen molar-refractivity contribution in [3.63, 3.8) is 0 Å². The second-order valence-electron chi connectivity index (χ2n) is 7.84. The summed E-state index contributed by atoms with van der Waals surface area (Å²) in [5, 5.41) is 2.70. The number of nitrogens with zero attached hydrogens (tertiary/aromatic N) is 1. The number of esters is 1. The number of aryl methyl sites for hydroxylation is 2. The average Bonchev–Trinajstić information content (AvgIpc) is 3.01. The van der Waals surface area contributed by atoms with Gasteiger partial charge >= 0.3 is 5.97 Å². The summed E-state index contributed by atoms with van der Waals surface area (Å²) in [6.07, 6.45) is 3.78. The van der Waals surface area contributed by atoms with Crippen LogP contribution in [0.4, 0.5) is 5.69 Å². The summed E-state index contributed by atoms with van der Waals surface area (Å²) < 4.78 is 32.2. The summed E-state index contributed by atoms with van der Waals surface area (Å²) in [4.78, 5) is 24.5. The van der Waals surface area contributed by atoms with E-state index in [4.69, 9.17) is 4.74 Å². The van der Waals surface area contributed by atoms with Crippen molar-refractivity contribution in [3.05, 3.63) is 59.2 Å². The molecule has 1 N–H and O–H groups in total. The lowest BCUT2D eigenvalue weighted by Gasteiger charge is -2.20. The van der Waals surface area contributed by atoms with Crippen LogP contribution >= 0.6 is 0 Å². The van der Waals surface area contributed by atoms with Crippen LogP contribution in [0.15, 0.2) is 47.4 Å². The topological polar surface area (TPSA) is 92.8 Å². The van der Waals surface area contributed by atoms with Gasteiger partial charge in [-0.05, 0) is 74.2 Å². The summed E-state index contributed by atoms with van der Waals surface area (Å²) in [5.74, 6) is -1.13. The predicted molar refractivity (Wildman–Crippen MR) is 118 cm³/mol. The van der Waals surface area contributed by atoms with E-state index in [-0.39, 0.29) is 10.5 Å². The SMILES string of the molecule is Cc1cc(C)cc(NC(=O)COC(=O)c2ccc(S(=O)(=O)N3CCCCCC3)cc2)c1. The van der Waals surface area contributed by atoms with Gasteiger partial charge in [0.05, 0.1) is 10.5 Å². The van der Waals surface area contributed by atoms with Gasteiger partial charge in [-0.15, -0.1) is 0 Å². The Balaban J connectivity index is 1.58. The number of hydrogen-bond donors (Lipinski definition) is 1. The van der Waals surface area contributed by atoms with Crippen molar-refractivity contribution < 1.29 is 22.7 Å². The van der Waals surface area contributed by atoms with Crippen molar-refractivity contribution in [1.82, 2.24) is 4.31 Å². The van der Waals surface area contributed by atoms with Crippen LogP contribution in [0, 0.1) is 13.8 Å². The van der Waals surface area contributed by atoms with E-state index in [0.717, 1.165) is 36.8 Å². The van der Waals surface area contributed by atoms with Gasteiger partial charge in [-0.1, -0.05) is 18.9 Å². The number of rotatable bonds is 6. The smallest absolute Gasteiger partial charge is 0.338 e. The van der Waals surface area contributed by atoms with Gasteiger partial charge < -0.3 is 10.1 Å². The van der Waals surface area contributed by atoms with E-state index < -0.39 is 28.5 Å². The number of sulfonamides is 1. The molecule has 0 unspecified atom stereocenters. The van der Waals surface area contributed by atoms with Gasteiger partial charge in [-0.3, -0.25) is 4.79 Å². The van der Waals surface area contributed by atoms with E-state index in [1.807, 2.05) is 32.0 Å². The van der Waals surface area contributed by atoms with Gasteiger partial charge in [0.25, 0.3) is 5.91 Å². The molecule has 3 rings (SSSR count). The van der Waals surface area contributed by atoms with Crippen LogP contribution < -0.4 is 5.32 Å². The molecule has 0 atom stereocenters. The molecule has 1 heterocycles. The molecule has 0 aliphatic carbocycles. The number of benzene rings is 2. The number of carbonyl (C=O) groups is 2. The molecule has 1 fully saturated rings. The lowest BCUT2D eigenvalue weighted by Crippen LogP contribution is -2.31. The summed E-state index contributed by atoms with van der Waals surface area (Å²) >= 11 is 0. The molecule has 0 saturated carbocycles. The number of anilines is 1. The van der Waals surface area contributed by atoms with Gasteiger partial charge in [0.2, 0.25) is 10.0 Å². The first-order chi connectivity index (χ1) is 14.8. The zero-order valence-corrected chi connectivity index (χ0v) is 18.7. The number of nitrogens with one attached hydrogen (secondary N) is 1. The molecule has 0 spiro atoms. The Hall–Kier alpha value is -2.71. The summed E-state index contributed by atoms with van der Waals surface area (Å²) in [7, 11) is -3.58. The molecule has 0 radical (unpaired) electrons. The van der Waals surface area contributed by atoms with Crippen LogP contribution in [-0.2, 0) is 19.6 Å². The maximum Gasteiger partial charge on any atom is 0.338 e. The Labute approximate surface area is 183 Å². The van der Waals surface area contributed by atoms with Crippen molar-refractivity contribution in [3.8, 4) is 0 Å². The molecule has 1 aliphatic rings. The van der Waals surface area contributed by atoms with Gasteiger partial charge in [0.15, 0.2) is 6.61 Å². The number of amides is 1. The van der Waals surface area contributed by atoms with Gasteiger partial charge in [-0.2, -0.15) is 4.31 Å². The highest BCUT2D eigenvalue weighted by molar-refractivity contribution is 7.89. The summed E-state index contributed by atoms with van der Waals surface area (Å²) in [5.41, 5.74) is 2.86. The van der Waals surface area contributed by atoms with Crippen LogP contribution in [0.25, 0.3) is 0 Å². The fraction of sp³-hybridized carbons (Fsp3) is 0.391. The normalized spacial score (nSPS) is 15.2. The Kier molecular flexibility index (Phi) is 7.46. The van der Waals surface area contributed by atoms with E-state index in [1.165, 1.54) is 28.6 Å². The predicted octanol–water partition coefficient (Wildman–Crippen LogP) is 3.66. The highest BCUT2D eigenvalue weighted by Gasteiger charge is 2.25. The molecule has 2 aromatic rings. The van der Waals surface area contributed by atoms with Crippen molar-refractivity contribution in [1.29, 1.82) is 0 Å². The van der Waals surface area contributed by atoms with Crippen molar-refractivity contribution in [2.24, 2.45) is 0 Å². The molecule has 0 bridgehead atoms. The van der Waals surface area contributed by atoms with E-state index in [1.54, 1.807) is 0 Å². The Morgan fingerprint density at radius 3 is 2.10 bits per heavy atom. The zero-order valence-electron chi connectivity index (χ0n) is 17.9. The summed E-state index contributed by atoms with van der Waals surface area (Å²) in [6, 6.07) is 11.3. The quantitative estimate of drug-likeness (QED) is 0.687. The Morgan fingerprint density at radius 1 is 0.935 bits per heavy atom. The van der Waals surface area contributed by atoms with E-state index in [0.29, 0.717) is 18.8 Å². The molecular formula is C23H28N2O5S. The van der Waals surface area contributed by atoms with Crippen molar-refractivity contribution in [2.75, 3.05) is 25.0 Å². The molecule has 1 saturated heterocycles. The van der Waals surface area contributed by atoms with E-state index in [2.05, 4.69) is 5.32 Å². The van der Waals surface area contributed by atoms with Crippen LogP contribution in [0.3, 0.4) is 0 Å².